The van der Waals surface area contributed by atoms with Gasteiger partial charge < -0.3 is 10.1 Å². The molecule has 0 bridgehead atoms. The topological polar surface area (TPSA) is 21.3 Å². The lowest BCUT2D eigenvalue weighted by Gasteiger charge is -2.16. The summed E-state index contributed by atoms with van der Waals surface area (Å²) in [6.45, 7) is 2.84. The first-order chi connectivity index (χ1) is 6.77. The van der Waals surface area contributed by atoms with Gasteiger partial charge in [0, 0.05) is 23.7 Å². The second kappa shape index (κ2) is 5.94. The molecule has 2 nitrogen and oxygen atoms in total. The van der Waals surface area contributed by atoms with Gasteiger partial charge in [0.15, 0.2) is 0 Å². The lowest BCUT2D eigenvalue weighted by atomic mass is 10.3. The van der Waals surface area contributed by atoms with Crippen molar-refractivity contribution in [3.8, 4) is 0 Å². The van der Waals surface area contributed by atoms with Gasteiger partial charge in [0.1, 0.15) is 0 Å². The largest absolute Gasteiger partial charge is 0.383 e. The van der Waals surface area contributed by atoms with Crippen LogP contribution >= 0.6 is 11.8 Å². The van der Waals surface area contributed by atoms with Crippen molar-refractivity contribution in [2.24, 2.45) is 0 Å². The maximum atomic E-state index is 5.08. The molecule has 78 valence electrons. The molecule has 0 aliphatic carbocycles. The fraction of sp³-hybridized carbons (Fsp3) is 0.455. The van der Waals surface area contributed by atoms with Crippen LogP contribution in [0, 0.1) is 0 Å². The van der Waals surface area contributed by atoms with Gasteiger partial charge in [-0.25, -0.2) is 0 Å². The molecule has 1 unspecified atom stereocenters. The van der Waals surface area contributed by atoms with E-state index in [-0.39, 0.29) is 0 Å². The second-order valence-electron chi connectivity index (χ2n) is 3.20. The average molecular weight is 211 g/mol. The van der Waals surface area contributed by atoms with Gasteiger partial charge in [-0.05, 0) is 25.3 Å². The Morgan fingerprint density at radius 2 is 2.14 bits per heavy atom. The van der Waals surface area contributed by atoms with E-state index in [0.29, 0.717) is 6.04 Å². The molecule has 0 aliphatic rings. The van der Waals surface area contributed by atoms with Gasteiger partial charge in [0.2, 0.25) is 0 Å². The number of nitrogens with one attached hydrogen (secondary N) is 1. The first-order valence-corrected chi connectivity index (χ1v) is 5.89. The number of para-hydroxylation sites is 1. The third-order valence-corrected chi connectivity index (χ3v) is 2.72. The Morgan fingerprint density at radius 1 is 1.43 bits per heavy atom. The summed E-state index contributed by atoms with van der Waals surface area (Å²) in [5, 5.41) is 3.42. The number of rotatable bonds is 5. The zero-order valence-corrected chi connectivity index (χ0v) is 9.73. The first-order valence-electron chi connectivity index (χ1n) is 4.66. The normalized spacial score (nSPS) is 12.5. The van der Waals surface area contributed by atoms with Crippen LogP contribution in [0.3, 0.4) is 0 Å². The molecule has 0 amide bonds. The third kappa shape index (κ3) is 3.24. The number of benzene rings is 1. The van der Waals surface area contributed by atoms with Crippen molar-refractivity contribution >= 4 is 17.4 Å². The van der Waals surface area contributed by atoms with Crippen LogP contribution in [0.5, 0.6) is 0 Å². The minimum atomic E-state index is 0.341. The summed E-state index contributed by atoms with van der Waals surface area (Å²) in [6, 6.07) is 8.65. The highest BCUT2D eigenvalue weighted by atomic mass is 32.2. The Kier molecular flexibility index (Phi) is 4.84. The number of ether oxygens (including phenoxy) is 1. The van der Waals surface area contributed by atoms with Crippen molar-refractivity contribution in [2.45, 2.75) is 17.9 Å². The summed E-state index contributed by atoms with van der Waals surface area (Å²) < 4.78 is 5.08. The number of thioether (sulfide) groups is 1. The van der Waals surface area contributed by atoms with Crippen molar-refractivity contribution in [3.05, 3.63) is 24.3 Å². The molecule has 1 aromatic rings. The van der Waals surface area contributed by atoms with E-state index in [2.05, 4.69) is 36.7 Å². The van der Waals surface area contributed by atoms with E-state index in [9.17, 15) is 0 Å². The van der Waals surface area contributed by atoms with Crippen LogP contribution in [-0.2, 0) is 4.74 Å². The smallest absolute Gasteiger partial charge is 0.0661 e. The predicted octanol–water partition coefficient (Wildman–Crippen LogP) is 2.86. The van der Waals surface area contributed by atoms with Crippen LogP contribution in [0.1, 0.15) is 6.92 Å². The molecule has 0 fully saturated rings. The summed E-state index contributed by atoms with van der Waals surface area (Å²) in [5.74, 6) is 0. The van der Waals surface area contributed by atoms with E-state index in [0.717, 1.165) is 6.61 Å². The van der Waals surface area contributed by atoms with Gasteiger partial charge in [-0.15, -0.1) is 11.8 Å². The van der Waals surface area contributed by atoms with Gasteiger partial charge in [-0.2, -0.15) is 0 Å². The van der Waals surface area contributed by atoms with Gasteiger partial charge in [0.25, 0.3) is 0 Å². The van der Waals surface area contributed by atoms with Gasteiger partial charge in [-0.1, -0.05) is 12.1 Å². The van der Waals surface area contributed by atoms with Gasteiger partial charge in [0.05, 0.1) is 6.61 Å². The van der Waals surface area contributed by atoms with Crippen LogP contribution in [0.15, 0.2) is 29.2 Å². The first kappa shape index (κ1) is 11.4. The maximum absolute atomic E-state index is 5.08. The standard InChI is InChI=1S/C11H17NOS/c1-9(8-13-2)12-10-6-4-5-7-11(10)14-3/h4-7,9,12H,8H2,1-3H3. The van der Waals surface area contributed by atoms with Gasteiger partial charge in [-0.3, -0.25) is 0 Å². The van der Waals surface area contributed by atoms with Crippen LogP contribution in [0.4, 0.5) is 5.69 Å². The monoisotopic (exact) mass is 211 g/mol. The predicted molar refractivity (Wildman–Crippen MR) is 63.2 cm³/mol. The van der Waals surface area contributed by atoms with Crippen molar-refractivity contribution in [1.29, 1.82) is 0 Å². The van der Waals surface area contributed by atoms with Crippen LogP contribution in [-0.4, -0.2) is 26.0 Å². The Balaban J connectivity index is 2.65. The molecule has 1 rings (SSSR count). The highest BCUT2D eigenvalue weighted by molar-refractivity contribution is 7.98. The molecule has 3 heteroatoms. The Morgan fingerprint density at radius 3 is 2.79 bits per heavy atom. The third-order valence-electron chi connectivity index (χ3n) is 1.93. The van der Waals surface area contributed by atoms with Crippen LogP contribution < -0.4 is 5.32 Å². The average Bonchev–Trinajstić information content (AvgIpc) is 2.19. The highest BCUT2D eigenvalue weighted by Gasteiger charge is 2.04. The summed E-state index contributed by atoms with van der Waals surface area (Å²) in [5.41, 5.74) is 1.18. The number of anilines is 1. The Bertz CT molecular complexity index is 278. The van der Waals surface area contributed by atoms with E-state index in [1.165, 1.54) is 10.6 Å². The molecule has 0 aromatic heterocycles. The summed E-state index contributed by atoms with van der Waals surface area (Å²) in [4.78, 5) is 1.27. The SMILES string of the molecule is COCC(C)Nc1ccccc1SC. The molecular weight excluding hydrogens is 194 g/mol. The van der Waals surface area contributed by atoms with Crippen LogP contribution in [0.25, 0.3) is 0 Å². The molecule has 1 N–H and O–H groups in total. The molecule has 0 aliphatic heterocycles. The molecule has 0 heterocycles. The number of hydrogen-bond acceptors (Lipinski definition) is 3. The molecule has 14 heavy (non-hydrogen) atoms. The van der Waals surface area contributed by atoms with Gasteiger partial charge >= 0.3 is 0 Å². The van der Waals surface area contributed by atoms with E-state index in [1.54, 1.807) is 18.9 Å². The fourth-order valence-electron chi connectivity index (χ4n) is 1.32. The lowest BCUT2D eigenvalue weighted by Crippen LogP contribution is -2.21. The van der Waals surface area contributed by atoms with E-state index < -0.39 is 0 Å². The summed E-state index contributed by atoms with van der Waals surface area (Å²) >= 11 is 1.75. The highest BCUT2D eigenvalue weighted by Crippen LogP contribution is 2.24. The molecule has 0 saturated carbocycles. The lowest BCUT2D eigenvalue weighted by molar-refractivity contribution is 0.190. The molecule has 1 aromatic carbocycles. The Hall–Kier alpha value is -0.670. The van der Waals surface area contributed by atoms with E-state index in [1.807, 2.05) is 6.07 Å². The summed E-state index contributed by atoms with van der Waals surface area (Å²) in [6.07, 6.45) is 2.08. The zero-order valence-electron chi connectivity index (χ0n) is 8.91. The maximum Gasteiger partial charge on any atom is 0.0661 e. The van der Waals surface area contributed by atoms with E-state index >= 15 is 0 Å². The Labute approximate surface area is 90.0 Å². The molecule has 0 radical (unpaired) electrons. The van der Waals surface area contributed by atoms with Crippen molar-refractivity contribution in [1.82, 2.24) is 0 Å². The van der Waals surface area contributed by atoms with Crippen molar-refractivity contribution in [3.63, 3.8) is 0 Å². The fourth-order valence-corrected chi connectivity index (χ4v) is 1.88. The molecule has 1 atom stereocenters. The molecule has 0 spiro atoms. The quantitative estimate of drug-likeness (QED) is 0.757. The minimum absolute atomic E-state index is 0.341. The van der Waals surface area contributed by atoms with E-state index in [4.69, 9.17) is 4.74 Å². The second-order valence-corrected chi connectivity index (χ2v) is 4.05. The van der Waals surface area contributed by atoms with Crippen molar-refractivity contribution < 1.29 is 4.74 Å². The number of hydrogen-bond donors (Lipinski definition) is 1. The molecular formula is C11H17NOS. The number of methoxy groups -OCH3 is 1. The minimum Gasteiger partial charge on any atom is -0.383 e. The van der Waals surface area contributed by atoms with Crippen molar-refractivity contribution in [2.75, 3.05) is 25.3 Å². The summed E-state index contributed by atoms with van der Waals surface area (Å²) in [7, 11) is 1.72. The zero-order chi connectivity index (χ0) is 10.4. The molecule has 0 saturated heterocycles. The van der Waals surface area contributed by atoms with Crippen LogP contribution in [0.2, 0.25) is 0 Å².